The van der Waals surface area contributed by atoms with Crippen molar-refractivity contribution in [1.82, 2.24) is 9.97 Å². The fourth-order valence-corrected chi connectivity index (χ4v) is 3.47. The Labute approximate surface area is 182 Å². The van der Waals surface area contributed by atoms with Crippen LogP contribution in [0.1, 0.15) is 37.9 Å². The van der Waals surface area contributed by atoms with Crippen molar-refractivity contribution in [3.05, 3.63) is 41.6 Å². The Hall–Kier alpha value is -2.78. The maximum Gasteiger partial charge on any atom is 0.167 e. The van der Waals surface area contributed by atoms with Crippen LogP contribution in [0.15, 0.2) is 24.5 Å². The van der Waals surface area contributed by atoms with Crippen molar-refractivity contribution in [3.63, 3.8) is 0 Å². The minimum atomic E-state index is -0.554. The molecule has 1 aliphatic rings. The maximum atomic E-state index is 14.2. The Morgan fingerprint density at radius 2 is 1.97 bits per heavy atom. The number of aromatic nitrogens is 2. The van der Waals surface area contributed by atoms with Gasteiger partial charge in [-0.3, -0.25) is 5.41 Å². The van der Waals surface area contributed by atoms with E-state index in [-0.39, 0.29) is 29.4 Å². The van der Waals surface area contributed by atoms with Gasteiger partial charge in [-0.05, 0) is 32.8 Å². The molecule has 0 aliphatic carbocycles. The standard InChI is InChI=1S/C22H30FN5O3/c1-14(2)31-20-10-16(18(24)11-17(20)23)22(25)19-12-21(27-13-26-19)28-6-4-15(5-7-28)30-9-8-29-3/h10-15,25H,4-9,24H2,1-3H3. The highest BCUT2D eigenvalue weighted by molar-refractivity contribution is 6.13. The molecule has 8 nitrogen and oxygen atoms in total. The summed E-state index contributed by atoms with van der Waals surface area (Å²) in [4.78, 5) is 10.8. The average Bonchev–Trinajstić information content (AvgIpc) is 2.76. The third kappa shape index (κ3) is 5.89. The number of hydrogen-bond donors (Lipinski definition) is 2. The van der Waals surface area contributed by atoms with E-state index in [0.29, 0.717) is 24.5 Å². The van der Waals surface area contributed by atoms with E-state index in [1.807, 2.05) is 13.8 Å². The van der Waals surface area contributed by atoms with E-state index >= 15 is 0 Å². The molecule has 0 spiro atoms. The molecule has 0 saturated carbocycles. The lowest BCUT2D eigenvalue weighted by molar-refractivity contribution is 0.00604. The molecule has 0 amide bonds. The van der Waals surface area contributed by atoms with Crippen molar-refractivity contribution in [2.45, 2.75) is 38.9 Å². The number of nitrogen functional groups attached to an aromatic ring is 1. The van der Waals surface area contributed by atoms with Gasteiger partial charge in [-0.2, -0.15) is 0 Å². The molecule has 9 heteroatoms. The molecule has 31 heavy (non-hydrogen) atoms. The Kier molecular flexibility index (Phi) is 7.75. The van der Waals surface area contributed by atoms with Crippen molar-refractivity contribution >= 4 is 17.2 Å². The van der Waals surface area contributed by atoms with Crippen molar-refractivity contribution in [2.24, 2.45) is 0 Å². The van der Waals surface area contributed by atoms with E-state index < -0.39 is 5.82 Å². The number of benzene rings is 1. The Balaban J connectivity index is 1.73. The highest BCUT2D eigenvalue weighted by atomic mass is 19.1. The summed E-state index contributed by atoms with van der Waals surface area (Å²) in [6.07, 6.45) is 3.23. The van der Waals surface area contributed by atoms with Gasteiger partial charge in [0.2, 0.25) is 0 Å². The summed E-state index contributed by atoms with van der Waals surface area (Å²) in [5.41, 5.74) is 7.02. The molecule has 0 atom stereocenters. The SMILES string of the molecule is COCCOC1CCN(c2cc(C(=N)c3cc(OC(C)C)c(F)cc3N)ncn2)CC1. The van der Waals surface area contributed by atoms with Crippen molar-refractivity contribution in [2.75, 3.05) is 44.0 Å². The van der Waals surface area contributed by atoms with Crippen LogP contribution >= 0.6 is 0 Å². The summed E-state index contributed by atoms with van der Waals surface area (Å²) in [6, 6.07) is 4.40. The third-order valence-corrected chi connectivity index (χ3v) is 5.05. The third-order valence-electron chi connectivity index (χ3n) is 5.05. The van der Waals surface area contributed by atoms with Gasteiger partial charge in [0, 0.05) is 43.6 Å². The number of nitrogens with two attached hydrogens (primary N) is 1. The van der Waals surface area contributed by atoms with Crippen LogP contribution in [0.2, 0.25) is 0 Å². The lowest BCUT2D eigenvalue weighted by Gasteiger charge is -2.32. The number of hydrogen-bond acceptors (Lipinski definition) is 8. The minimum Gasteiger partial charge on any atom is -0.488 e. The second-order valence-corrected chi connectivity index (χ2v) is 7.72. The van der Waals surface area contributed by atoms with Gasteiger partial charge in [0.05, 0.1) is 36.8 Å². The normalized spacial score (nSPS) is 14.8. The monoisotopic (exact) mass is 431 g/mol. The largest absolute Gasteiger partial charge is 0.488 e. The molecule has 168 valence electrons. The quantitative estimate of drug-likeness (QED) is 0.357. The lowest BCUT2D eigenvalue weighted by atomic mass is 10.0. The maximum absolute atomic E-state index is 14.2. The lowest BCUT2D eigenvalue weighted by Crippen LogP contribution is -2.38. The molecule has 2 heterocycles. The van der Waals surface area contributed by atoms with Crippen LogP contribution in [-0.2, 0) is 9.47 Å². The van der Waals surface area contributed by atoms with Crippen LogP contribution in [0.25, 0.3) is 0 Å². The molecule has 2 aromatic rings. The zero-order chi connectivity index (χ0) is 22.4. The van der Waals surface area contributed by atoms with Crippen LogP contribution in [0.5, 0.6) is 5.75 Å². The van der Waals surface area contributed by atoms with Crippen molar-refractivity contribution < 1.29 is 18.6 Å². The highest BCUT2D eigenvalue weighted by Gasteiger charge is 2.22. The Morgan fingerprint density at radius 1 is 1.23 bits per heavy atom. The fraction of sp³-hybridized carbons (Fsp3) is 0.500. The van der Waals surface area contributed by atoms with Gasteiger partial charge in [0.25, 0.3) is 0 Å². The van der Waals surface area contributed by atoms with Gasteiger partial charge >= 0.3 is 0 Å². The second kappa shape index (κ2) is 10.5. The van der Waals surface area contributed by atoms with Gasteiger partial charge in [-0.25, -0.2) is 14.4 Å². The summed E-state index contributed by atoms with van der Waals surface area (Å²) in [7, 11) is 1.66. The number of rotatable bonds is 9. The number of piperidine rings is 1. The van der Waals surface area contributed by atoms with Crippen LogP contribution in [0, 0.1) is 11.2 Å². The van der Waals surface area contributed by atoms with E-state index in [9.17, 15) is 4.39 Å². The smallest absolute Gasteiger partial charge is 0.167 e. The summed E-state index contributed by atoms with van der Waals surface area (Å²) < 4.78 is 30.5. The molecule has 0 unspecified atom stereocenters. The first-order chi connectivity index (χ1) is 14.9. The predicted molar refractivity (Wildman–Crippen MR) is 118 cm³/mol. The van der Waals surface area contributed by atoms with Gasteiger partial charge in [0.15, 0.2) is 11.6 Å². The molecule has 1 aromatic heterocycles. The molecule has 3 rings (SSSR count). The molecule has 3 N–H and O–H groups in total. The zero-order valence-electron chi connectivity index (χ0n) is 18.2. The van der Waals surface area contributed by atoms with E-state index in [1.54, 1.807) is 13.2 Å². The van der Waals surface area contributed by atoms with Gasteiger partial charge in [0.1, 0.15) is 12.1 Å². The van der Waals surface area contributed by atoms with E-state index in [1.165, 1.54) is 18.5 Å². The number of methoxy groups -OCH3 is 1. The summed E-state index contributed by atoms with van der Waals surface area (Å²) >= 11 is 0. The summed E-state index contributed by atoms with van der Waals surface area (Å²) in [6.45, 7) is 6.40. The summed E-state index contributed by atoms with van der Waals surface area (Å²) in [5.74, 6) is 0.250. The van der Waals surface area contributed by atoms with Gasteiger partial charge in [-0.1, -0.05) is 0 Å². The first-order valence-electron chi connectivity index (χ1n) is 10.4. The molecular formula is C22H30FN5O3. The molecule has 0 radical (unpaired) electrons. The second-order valence-electron chi connectivity index (χ2n) is 7.72. The molecule has 1 aliphatic heterocycles. The zero-order valence-corrected chi connectivity index (χ0v) is 18.2. The summed E-state index contributed by atoms with van der Waals surface area (Å²) in [5, 5.41) is 8.60. The van der Waals surface area contributed by atoms with Crippen molar-refractivity contribution in [3.8, 4) is 5.75 Å². The molecular weight excluding hydrogens is 401 g/mol. The first kappa shape index (κ1) is 22.9. The number of ether oxygens (including phenoxy) is 3. The molecule has 1 fully saturated rings. The van der Waals surface area contributed by atoms with E-state index in [0.717, 1.165) is 31.7 Å². The fourth-order valence-electron chi connectivity index (χ4n) is 3.47. The number of nitrogens with one attached hydrogen (secondary N) is 1. The van der Waals surface area contributed by atoms with Crippen molar-refractivity contribution in [1.29, 1.82) is 5.41 Å². The first-order valence-corrected chi connectivity index (χ1v) is 10.4. The highest BCUT2D eigenvalue weighted by Crippen LogP contribution is 2.27. The van der Waals surface area contributed by atoms with Gasteiger partial charge in [-0.15, -0.1) is 0 Å². The molecule has 0 bridgehead atoms. The Morgan fingerprint density at radius 3 is 2.65 bits per heavy atom. The van der Waals surface area contributed by atoms with E-state index in [2.05, 4.69) is 14.9 Å². The van der Waals surface area contributed by atoms with Crippen LogP contribution in [0.4, 0.5) is 15.9 Å². The number of nitrogens with zero attached hydrogens (tertiary/aromatic N) is 3. The Bertz CT molecular complexity index is 901. The number of halogens is 1. The topological polar surface area (TPSA) is 107 Å². The van der Waals surface area contributed by atoms with Crippen LogP contribution in [-0.4, -0.2) is 61.3 Å². The molecule has 1 saturated heterocycles. The average molecular weight is 432 g/mol. The van der Waals surface area contributed by atoms with Crippen LogP contribution < -0.4 is 15.4 Å². The predicted octanol–water partition coefficient (Wildman–Crippen LogP) is 3.03. The number of anilines is 2. The van der Waals surface area contributed by atoms with E-state index in [4.69, 9.17) is 25.4 Å². The minimum absolute atomic E-state index is 0.0637. The van der Waals surface area contributed by atoms with Gasteiger partial charge < -0.3 is 24.8 Å². The molecule has 1 aromatic carbocycles. The van der Waals surface area contributed by atoms with Crippen LogP contribution in [0.3, 0.4) is 0 Å².